The minimum absolute atomic E-state index is 0. The van der Waals surface area contributed by atoms with Gasteiger partial charge in [0, 0.05) is 60.4 Å². The molecule has 8 fully saturated rings. The van der Waals surface area contributed by atoms with Crippen molar-refractivity contribution in [2.24, 2.45) is 11.5 Å². The fourth-order valence-corrected chi connectivity index (χ4v) is 12.2. The van der Waals surface area contributed by atoms with Gasteiger partial charge in [-0.25, -0.2) is 73.8 Å². The number of nitrogens with two attached hydrogens (primary N) is 4. The molecule has 0 atom stereocenters. The van der Waals surface area contributed by atoms with Gasteiger partial charge >= 0.3 is 29.3 Å². The number of ether oxygens (including phenoxy) is 2. The lowest BCUT2D eigenvalue weighted by atomic mass is 9.86. The third-order valence-corrected chi connectivity index (χ3v) is 18.4. The molecule has 16 rings (SSSR count). The van der Waals surface area contributed by atoms with Gasteiger partial charge in [0.05, 0.1) is 37.1 Å². The second-order valence-corrected chi connectivity index (χ2v) is 31.8. The van der Waals surface area contributed by atoms with Crippen molar-refractivity contribution < 1.29 is 24.2 Å². The van der Waals surface area contributed by atoms with Gasteiger partial charge in [0.25, 0.3) is 0 Å². The van der Waals surface area contributed by atoms with Crippen LogP contribution < -0.4 is 56.0 Å². The fraction of sp³-hybridized carbons (Fsp3) is 0.583. The van der Waals surface area contributed by atoms with E-state index in [4.69, 9.17) is 37.5 Å². The molecule has 8 heterocycles. The number of amides is 2. The second-order valence-electron chi connectivity index (χ2n) is 27.0. The van der Waals surface area contributed by atoms with Crippen LogP contribution >= 0.6 is 120 Å². The predicted octanol–water partition coefficient (Wildman–Crippen LogP) is 10.5. The van der Waals surface area contributed by atoms with Gasteiger partial charge in [0.15, 0.2) is 51.3 Å². The Kier molecular flexibility index (Phi) is 27.0. The Bertz CT molecular complexity index is 4320. The Labute approximate surface area is 631 Å². The third kappa shape index (κ3) is 22.3. The Balaban J connectivity index is 0.000000153. The summed E-state index contributed by atoms with van der Waals surface area (Å²) >= 11 is 19.4. The summed E-state index contributed by atoms with van der Waals surface area (Å²) in [4.78, 5) is 105. The maximum Gasteiger partial charge on any atom is 0.407 e. The van der Waals surface area contributed by atoms with Gasteiger partial charge in [0.2, 0.25) is 0 Å². The molecular formula is C60H81Br6Cl2N23O8. The Morgan fingerprint density at radius 3 is 1.27 bits per heavy atom. The highest BCUT2D eigenvalue weighted by Gasteiger charge is 2.40. The lowest BCUT2D eigenvalue weighted by Crippen LogP contribution is -2.48. The number of carbonyl (C=O) groups is 2. The summed E-state index contributed by atoms with van der Waals surface area (Å²) in [5.41, 5.74) is 24.7. The van der Waals surface area contributed by atoms with Crippen molar-refractivity contribution in [1.29, 1.82) is 0 Å². The van der Waals surface area contributed by atoms with Crippen molar-refractivity contribution in [3.8, 4) is 0 Å². The number of hydrogen-bond donors (Lipinski definition) is 9. The number of fused-ring (bicyclic) bond motifs is 3. The van der Waals surface area contributed by atoms with E-state index in [1.54, 1.807) is 53.8 Å². The average molecular weight is 1800 g/mol. The highest BCUT2D eigenvalue weighted by molar-refractivity contribution is 9.11. The number of aromatic nitrogens is 16. The van der Waals surface area contributed by atoms with Crippen LogP contribution in [0.15, 0.2) is 73.0 Å². The number of aliphatic hydroxyl groups is 1. The minimum Gasteiger partial charge on any atom is -0.444 e. The smallest absolute Gasteiger partial charge is 0.407 e. The van der Waals surface area contributed by atoms with Gasteiger partial charge in [-0.1, -0.05) is 0 Å². The number of aromatic amines is 1. The van der Waals surface area contributed by atoms with E-state index in [2.05, 4.69) is 166 Å². The standard InChI is InChI=1S/C17H22BrN5O3.C12H14BrN5O.C9H17NO3.C8H7BrN4O.C7H9BrN4.C4H3Br2N3.C3H7N.2ClH/c1-17(2,3)26-15(24)20-9-6-11(7-9)23-13-14(21-12(18)8-19-13)22(16(23)25)10-4-5-10;13-9-5-15-10-11(16-9)17(7-1-2-7)12(19)18(10)8-3-6(14)4-8;1-9(2,3)13-8(12)10-6-4-7(11)5-6;9-5-3-10-6-7(11-5)13(4-1-2-4)8(14)12-6;8-5-3-10-6(9)7(12-5)11-4-1-2-4;5-2-1-8-4(7)3(6)9-2;4-3-1-2-3;;/h8-11H,4-7H2,1-3H3,(H,20,24);5-8H,1-4,14H2;6-7,11H,4-5H2,1-3H3,(H,10,12);3-4H,1-2H2,(H,10,12,14);3-4H,1-2H2,(H2,9,10)(H,11,12);1H,(H2,7,8);3H,1-2,4H2;2*1H. The van der Waals surface area contributed by atoms with Gasteiger partial charge in [-0.15, -0.1) is 24.8 Å². The van der Waals surface area contributed by atoms with Gasteiger partial charge in [0.1, 0.15) is 38.8 Å². The molecule has 8 saturated carbocycles. The highest BCUT2D eigenvalue weighted by atomic mass is 79.9. The number of imidazole rings is 3. The summed E-state index contributed by atoms with van der Waals surface area (Å²) in [6.45, 7) is 11.0. The maximum atomic E-state index is 13.0. The molecule has 0 aliphatic heterocycles. The van der Waals surface area contributed by atoms with E-state index in [0.717, 1.165) is 51.4 Å². The SMILES string of the molecule is CC(C)(C)OC(=O)NC1CC(O)C1.CC(C)(C)OC(=O)NC1CC(n2c(=O)n(C3CC3)c3nc(Br)cnc32)C1.Cl.Cl.NC1CC(n2c(=O)n(C3CC3)c3nc(Br)cnc32)C1.NC1CC1.Nc1ncc(Br)nc1Br.Nc1ncc(Br)nc1NC1CC1.O=c1[nH]c2ncc(Br)nc2n1C1CC1. The molecule has 0 unspecified atom stereocenters. The van der Waals surface area contributed by atoms with Crippen LogP contribution in [0, 0.1) is 0 Å². The summed E-state index contributed by atoms with van der Waals surface area (Å²) in [5.74, 6) is 1.55. The van der Waals surface area contributed by atoms with Crippen molar-refractivity contribution in [2.75, 3.05) is 16.8 Å². The second kappa shape index (κ2) is 33.7. The summed E-state index contributed by atoms with van der Waals surface area (Å²) in [6.07, 6.45) is 22.4. The van der Waals surface area contributed by atoms with Gasteiger partial charge in [-0.3, -0.25) is 27.8 Å². The first-order chi connectivity index (χ1) is 45.8. The molecule has 8 aliphatic rings. The number of aliphatic hydroxyl groups excluding tert-OH is 1. The lowest BCUT2D eigenvalue weighted by molar-refractivity contribution is 0.0302. The summed E-state index contributed by atoms with van der Waals surface area (Å²) in [7, 11) is 0. The first-order valence-corrected chi connectivity index (χ1v) is 36.7. The topological polar surface area (TPSA) is 434 Å². The van der Waals surface area contributed by atoms with E-state index in [1.165, 1.54) is 25.7 Å². The molecular weight excluding hydrogens is 1720 g/mol. The van der Waals surface area contributed by atoms with E-state index in [-0.39, 0.29) is 84.2 Å². The highest BCUT2D eigenvalue weighted by Crippen LogP contribution is 2.41. The zero-order valence-electron chi connectivity index (χ0n) is 55.0. The van der Waals surface area contributed by atoms with Crippen LogP contribution in [0.2, 0.25) is 0 Å². The number of anilines is 3. The Morgan fingerprint density at radius 1 is 0.485 bits per heavy atom. The molecule has 540 valence electrons. The zero-order chi connectivity index (χ0) is 69.9. The zero-order valence-corrected chi connectivity index (χ0v) is 66.1. The molecule has 8 aromatic rings. The van der Waals surface area contributed by atoms with E-state index in [9.17, 15) is 24.0 Å². The van der Waals surface area contributed by atoms with Gasteiger partial charge in [-0.2, -0.15) is 0 Å². The number of halogens is 8. The van der Waals surface area contributed by atoms with Crippen LogP contribution in [-0.4, -0.2) is 142 Å². The van der Waals surface area contributed by atoms with Crippen LogP contribution in [-0.2, 0) is 9.47 Å². The molecule has 31 nitrogen and oxygen atoms in total. The summed E-state index contributed by atoms with van der Waals surface area (Å²) in [6, 6.07) is 2.48. The van der Waals surface area contributed by atoms with Crippen molar-refractivity contribution >= 4 is 184 Å². The number of rotatable bonds is 9. The van der Waals surface area contributed by atoms with Crippen LogP contribution in [0.3, 0.4) is 0 Å². The minimum atomic E-state index is -0.523. The normalized spacial score (nSPS) is 21.0. The van der Waals surface area contributed by atoms with E-state index >= 15 is 0 Å². The number of hydrogen-bond acceptors (Lipinski definition) is 23. The number of H-pyrrole nitrogens is 1. The van der Waals surface area contributed by atoms with Crippen molar-refractivity contribution in [2.45, 2.75) is 222 Å². The lowest BCUT2D eigenvalue weighted by Gasteiger charge is -2.36. The first kappa shape index (κ1) is 79.2. The number of nitrogen functional groups attached to an aromatic ring is 2. The van der Waals surface area contributed by atoms with Crippen molar-refractivity contribution in [3.63, 3.8) is 0 Å². The monoisotopic (exact) mass is 1800 g/mol. The summed E-state index contributed by atoms with van der Waals surface area (Å²) in [5, 5.41) is 17.7. The van der Waals surface area contributed by atoms with Gasteiger partial charge < -0.3 is 53.5 Å². The number of carbonyl (C=O) groups excluding carboxylic acids is 2. The number of nitrogens with one attached hydrogen (secondary N) is 4. The molecule has 0 spiro atoms. The molecule has 0 saturated heterocycles. The fourth-order valence-electron chi connectivity index (χ4n) is 10.3. The Morgan fingerprint density at radius 2 is 0.869 bits per heavy atom. The molecule has 0 radical (unpaired) electrons. The van der Waals surface area contributed by atoms with Crippen molar-refractivity contribution in [3.05, 3.63) is 90.1 Å². The number of nitrogens with zero attached hydrogens (tertiary/aromatic N) is 15. The maximum absolute atomic E-state index is 13.0. The van der Waals surface area contributed by atoms with Crippen LogP contribution in [0.25, 0.3) is 33.9 Å². The third-order valence-electron chi connectivity index (χ3n) is 15.9. The van der Waals surface area contributed by atoms with Crippen LogP contribution in [0.4, 0.5) is 27.0 Å². The van der Waals surface area contributed by atoms with E-state index in [0.29, 0.717) is 129 Å². The molecule has 0 bridgehead atoms. The molecule has 99 heavy (non-hydrogen) atoms. The summed E-state index contributed by atoms with van der Waals surface area (Å²) < 4.78 is 23.0. The molecule has 2 amide bonds. The molecule has 8 aromatic heterocycles. The Hall–Kier alpha value is -5.51. The van der Waals surface area contributed by atoms with Gasteiger partial charge in [-0.05, 0) is 240 Å². The number of alkyl carbamates (subject to hydrolysis) is 2. The van der Waals surface area contributed by atoms with Crippen LogP contribution in [0.5, 0.6) is 0 Å². The molecule has 39 heteroatoms. The van der Waals surface area contributed by atoms with Crippen molar-refractivity contribution in [1.82, 2.24) is 88.3 Å². The first-order valence-electron chi connectivity index (χ1n) is 31.9. The van der Waals surface area contributed by atoms with Crippen LogP contribution in [0.1, 0.15) is 174 Å². The quantitative estimate of drug-likeness (QED) is 0.0648. The van der Waals surface area contributed by atoms with E-state index in [1.807, 2.05) is 41.5 Å². The average Bonchev–Trinajstić information content (AvgIpc) is 1.60. The largest absolute Gasteiger partial charge is 0.444 e. The molecule has 8 aliphatic carbocycles. The molecule has 13 N–H and O–H groups in total. The predicted molar refractivity (Wildman–Crippen MR) is 400 cm³/mol. The molecule has 0 aromatic carbocycles. The van der Waals surface area contributed by atoms with E-state index < -0.39 is 23.4 Å².